The molecule has 0 aliphatic rings. The first-order chi connectivity index (χ1) is 25.2. The second-order valence-electron chi connectivity index (χ2n) is 14.0. The van der Waals surface area contributed by atoms with Crippen molar-refractivity contribution in [1.29, 1.82) is 0 Å². The van der Waals surface area contributed by atoms with Crippen LogP contribution in [-0.2, 0) is 12.8 Å². The summed E-state index contributed by atoms with van der Waals surface area (Å²) in [7, 11) is 0. The summed E-state index contributed by atoms with van der Waals surface area (Å²) in [5, 5.41) is 26.7. The molecule has 7 aromatic rings. The van der Waals surface area contributed by atoms with Crippen molar-refractivity contribution in [3.05, 3.63) is 208 Å². The molecule has 3 nitrogen and oxygen atoms in total. The summed E-state index contributed by atoms with van der Waals surface area (Å²) in [6, 6.07) is 56.8. The zero-order valence-corrected chi connectivity index (χ0v) is 31.1. The van der Waals surface area contributed by atoms with Crippen molar-refractivity contribution in [2.75, 3.05) is 0 Å². The molecule has 0 atom stereocenters. The Hall–Kier alpha value is -5.63. The molecule has 52 heavy (non-hydrogen) atoms. The zero-order chi connectivity index (χ0) is 36.3. The van der Waals surface area contributed by atoms with E-state index in [2.05, 4.69) is 153 Å². The molecule has 0 unspecified atom stereocenters. The first kappa shape index (κ1) is 34.8. The number of rotatable bonds is 10. The molecule has 0 saturated carbocycles. The van der Waals surface area contributed by atoms with Gasteiger partial charge in [0.05, 0.1) is 0 Å². The van der Waals surface area contributed by atoms with E-state index < -0.39 is 6.83 Å². The Morgan fingerprint density at radius 2 is 0.731 bits per heavy atom. The van der Waals surface area contributed by atoms with Crippen molar-refractivity contribution in [3.63, 3.8) is 0 Å². The van der Waals surface area contributed by atoms with Gasteiger partial charge in [-0.1, -0.05) is 0 Å². The Morgan fingerprint density at radius 3 is 1.13 bits per heavy atom. The molecule has 7 aromatic carbocycles. The molecule has 2 N–H and O–H groups in total. The summed E-state index contributed by atoms with van der Waals surface area (Å²) in [5.41, 5.74) is 7.97. The quantitative estimate of drug-likeness (QED) is 0.140. The van der Waals surface area contributed by atoms with Gasteiger partial charge in [0, 0.05) is 0 Å². The van der Waals surface area contributed by atoms with E-state index in [4.69, 9.17) is 4.52 Å². The van der Waals surface area contributed by atoms with Gasteiger partial charge in [-0.15, -0.1) is 0 Å². The first-order valence-corrected chi connectivity index (χ1v) is 20.0. The summed E-state index contributed by atoms with van der Waals surface area (Å²) in [6.45, 7) is 4.17. The van der Waals surface area contributed by atoms with Crippen LogP contribution in [0.15, 0.2) is 164 Å². The van der Waals surface area contributed by atoms with E-state index in [0.29, 0.717) is 12.8 Å². The molecular weight excluding hydrogens is 655 g/mol. The van der Waals surface area contributed by atoms with E-state index in [1.165, 1.54) is 0 Å². The topological polar surface area (TPSA) is 49.7 Å². The number of phenolic OH excluding ortho intramolecular Hbond substituents is 2. The number of phenols is 2. The van der Waals surface area contributed by atoms with Crippen LogP contribution < -0.4 is 25.7 Å². The molecule has 0 aromatic heterocycles. The predicted octanol–water partition coefficient (Wildman–Crippen LogP) is 9.66. The van der Waals surface area contributed by atoms with Crippen LogP contribution in [0.1, 0.15) is 44.5 Å². The molecule has 7 rings (SSSR count). The Morgan fingerprint density at radius 1 is 0.385 bits per heavy atom. The van der Waals surface area contributed by atoms with Crippen molar-refractivity contribution >= 4 is 28.0 Å². The van der Waals surface area contributed by atoms with Crippen LogP contribution in [0.2, 0.25) is 0 Å². The molecule has 0 spiro atoms. The van der Waals surface area contributed by atoms with Gasteiger partial charge in [0.15, 0.2) is 0 Å². The third-order valence-electron chi connectivity index (χ3n) is 10.2. The Kier molecular flexibility index (Phi) is 9.49. The monoisotopic (exact) mass is 700 g/mol. The average molecular weight is 701 g/mol. The molecule has 0 radical (unpaired) electrons. The summed E-state index contributed by atoms with van der Waals surface area (Å²) < 4.78 is 8.34. The van der Waals surface area contributed by atoms with E-state index in [1.54, 1.807) is 12.1 Å². The van der Waals surface area contributed by atoms with Crippen molar-refractivity contribution in [1.82, 2.24) is 0 Å². The van der Waals surface area contributed by atoms with Gasteiger partial charge in [0.2, 0.25) is 0 Å². The van der Waals surface area contributed by atoms with E-state index in [9.17, 15) is 10.2 Å². The molecule has 0 aliphatic heterocycles. The SMILES string of the molecule is Cc1ccc(P(Oc2c(Cc3cc(C)ccc3O)cc(C)cc2Cc2cc(C)ccc2O)(c2ccccc2)(c2ccccc2)c2ccccc2)cc1. The van der Waals surface area contributed by atoms with Crippen molar-refractivity contribution in [3.8, 4) is 17.2 Å². The van der Waals surface area contributed by atoms with Gasteiger partial charge >= 0.3 is 309 Å². The molecule has 0 amide bonds. The fourth-order valence-electron chi connectivity index (χ4n) is 7.69. The van der Waals surface area contributed by atoms with Gasteiger partial charge in [-0.25, -0.2) is 0 Å². The van der Waals surface area contributed by atoms with Crippen molar-refractivity contribution in [2.24, 2.45) is 0 Å². The van der Waals surface area contributed by atoms with Gasteiger partial charge < -0.3 is 0 Å². The summed E-state index contributed by atoms with van der Waals surface area (Å²) in [4.78, 5) is 0. The standard InChI is InChI=1S/C48H45O3P/c1-34-20-24-45(25-21-34)52(42-14-8-5-9-15-42,43-16-10-6-11-17-43,44-18-12-7-13-19-44)51-48-40(32-38-28-35(2)22-26-46(38)49)30-37(4)31-41(48)33-39-29-36(3)23-27-47(39)50/h5-31,49-50H,32-33H2,1-4H3. The fraction of sp³-hybridized carbons (Fsp3) is 0.125. The Labute approximate surface area is 307 Å². The number of hydrogen-bond donors (Lipinski definition) is 2. The van der Waals surface area contributed by atoms with Crippen molar-refractivity contribution in [2.45, 2.75) is 40.5 Å². The Bertz CT molecular complexity index is 2160. The average Bonchev–Trinajstić information content (AvgIpc) is 3.16. The molecule has 0 aliphatic carbocycles. The number of hydrogen-bond acceptors (Lipinski definition) is 3. The van der Waals surface area contributed by atoms with Gasteiger partial charge in [-0.05, 0) is 0 Å². The van der Waals surface area contributed by atoms with Gasteiger partial charge in [-0.2, -0.15) is 0 Å². The molecule has 0 heterocycles. The van der Waals surface area contributed by atoms with Gasteiger partial charge in [0.1, 0.15) is 0 Å². The minimum atomic E-state index is -4.15. The van der Waals surface area contributed by atoms with Gasteiger partial charge in [-0.3, -0.25) is 0 Å². The van der Waals surface area contributed by atoms with Crippen LogP contribution in [0.4, 0.5) is 0 Å². The summed E-state index contributed by atoms with van der Waals surface area (Å²) in [5.74, 6) is 1.25. The predicted molar refractivity (Wildman–Crippen MR) is 219 cm³/mol. The molecule has 0 fully saturated rings. The summed E-state index contributed by atoms with van der Waals surface area (Å²) >= 11 is 0. The Balaban J connectivity index is 1.65. The molecule has 4 heteroatoms. The van der Waals surface area contributed by atoms with E-state index in [0.717, 1.165) is 71.5 Å². The molecule has 0 bridgehead atoms. The number of aromatic hydroxyl groups is 2. The summed E-state index contributed by atoms with van der Waals surface area (Å²) in [6.07, 6.45) is 0.909. The van der Waals surface area contributed by atoms with E-state index in [1.807, 2.05) is 26.0 Å². The second-order valence-corrected chi connectivity index (χ2v) is 18.3. The number of aryl methyl sites for hydroxylation is 4. The molecule has 260 valence electrons. The maximum atomic E-state index is 11.2. The van der Waals surface area contributed by atoms with E-state index >= 15 is 0 Å². The normalized spacial score (nSPS) is 12.2. The van der Waals surface area contributed by atoms with Crippen molar-refractivity contribution < 1.29 is 14.7 Å². The zero-order valence-electron chi connectivity index (χ0n) is 30.3. The third-order valence-corrected chi connectivity index (χ3v) is 15.8. The maximum absolute atomic E-state index is 11.2. The van der Waals surface area contributed by atoms with Crippen LogP contribution in [0, 0.1) is 27.7 Å². The van der Waals surface area contributed by atoms with Crippen LogP contribution >= 0.6 is 6.83 Å². The third kappa shape index (κ3) is 6.16. The van der Waals surface area contributed by atoms with Gasteiger partial charge in [0.25, 0.3) is 0 Å². The molecular formula is C48H45O3P. The van der Waals surface area contributed by atoms with Crippen LogP contribution in [0.25, 0.3) is 0 Å². The van der Waals surface area contributed by atoms with E-state index in [-0.39, 0.29) is 11.5 Å². The van der Waals surface area contributed by atoms with Crippen LogP contribution in [-0.4, -0.2) is 10.2 Å². The minimum absolute atomic E-state index is 0.251. The van der Waals surface area contributed by atoms with Crippen LogP contribution in [0.5, 0.6) is 17.2 Å². The van der Waals surface area contributed by atoms with Crippen LogP contribution in [0.3, 0.4) is 0 Å². The molecule has 0 saturated heterocycles. The second kappa shape index (κ2) is 14.2. The first-order valence-electron chi connectivity index (χ1n) is 17.8. The fourth-order valence-corrected chi connectivity index (χ4v) is 13.4. The number of benzene rings is 7.